The summed E-state index contributed by atoms with van der Waals surface area (Å²) in [5.74, 6) is -0.700. The molecular weight excluding hydrogens is 194 g/mol. The van der Waals surface area contributed by atoms with Gasteiger partial charge in [-0.2, -0.15) is 0 Å². The molecule has 88 valence electrons. The van der Waals surface area contributed by atoms with Crippen molar-refractivity contribution >= 4 is 5.97 Å². The Morgan fingerprint density at radius 2 is 2.33 bits per heavy atom. The molecule has 0 aliphatic carbocycles. The average Bonchev–Trinajstić information content (AvgIpc) is 2.25. The van der Waals surface area contributed by atoms with Gasteiger partial charge in [0.25, 0.3) is 0 Å². The number of aliphatic carboxylic acids is 1. The van der Waals surface area contributed by atoms with Crippen molar-refractivity contribution in [3.63, 3.8) is 0 Å². The summed E-state index contributed by atoms with van der Waals surface area (Å²) in [7, 11) is 0. The molecule has 2 unspecified atom stereocenters. The van der Waals surface area contributed by atoms with Gasteiger partial charge in [-0.3, -0.25) is 9.69 Å². The number of carboxylic acids is 1. The highest BCUT2D eigenvalue weighted by molar-refractivity contribution is 5.73. The minimum atomic E-state index is -0.700. The van der Waals surface area contributed by atoms with Gasteiger partial charge in [0.1, 0.15) is 6.04 Å². The van der Waals surface area contributed by atoms with Gasteiger partial charge >= 0.3 is 5.97 Å². The minimum absolute atomic E-state index is 0.206. The number of hydrogen-bond acceptors (Lipinski definition) is 3. The molecule has 1 rings (SSSR count). The Labute approximate surface area is 91.2 Å². The van der Waals surface area contributed by atoms with Crippen molar-refractivity contribution in [1.29, 1.82) is 0 Å². The van der Waals surface area contributed by atoms with E-state index in [4.69, 9.17) is 9.84 Å². The number of ether oxygens (including phenoxy) is 1. The van der Waals surface area contributed by atoms with Crippen LogP contribution in [0.4, 0.5) is 0 Å². The first-order valence-electron chi connectivity index (χ1n) is 5.77. The summed E-state index contributed by atoms with van der Waals surface area (Å²) in [5.41, 5.74) is 0. The Hall–Kier alpha value is -0.610. The summed E-state index contributed by atoms with van der Waals surface area (Å²) >= 11 is 0. The van der Waals surface area contributed by atoms with Crippen molar-refractivity contribution < 1.29 is 14.6 Å². The largest absolute Gasteiger partial charge is 0.480 e. The Bertz CT molecular complexity index is 208. The zero-order chi connectivity index (χ0) is 11.3. The molecule has 1 heterocycles. The van der Waals surface area contributed by atoms with Gasteiger partial charge in [0.05, 0.1) is 12.7 Å². The van der Waals surface area contributed by atoms with Gasteiger partial charge < -0.3 is 9.84 Å². The number of carbonyl (C=O) groups is 1. The van der Waals surface area contributed by atoms with Crippen LogP contribution < -0.4 is 0 Å². The maximum Gasteiger partial charge on any atom is 0.320 e. The smallest absolute Gasteiger partial charge is 0.320 e. The van der Waals surface area contributed by atoms with Gasteiger partial charge in [-0.05, 0) is 12.8 Å². The lowest BCUT2D eigenvalue weighted by atomic mass is 10.1. The first-order valence-corrected chi connectivity index (χ1v) is 5.77. The van der Waals surface area contributed by atoms with Crippen LogP contribution in [0.2, 0.25) is 0 Å². The van der Waals surface area contributed by atoms with E-state index in [-0.39, 0.29) is 12.1 Å². The van der Waals surface area contributed by atoms with E-state index in [1.165, 1.54) is 0 Å². The lowest BCUT2D eigenvalue weighted by Crippen LogP contribution is -2.50. The molecule has 4 nitrogen and oxygen atoms in total. The summed E-state index contributed by atoms with van der Waals surface area (Å²) < 4.78 is 5.53. The Kier molecular flexibility index (Phi) is 5.05. The lowest BCUT2D eigenvalue weighted by Gasteiger charge is -2.36. The molecule has 0 aromatic carbocycles. The Morgan fingerprint density at radius 3 is 2.87 bits per heavy atom. The third-order valence-corrected chi connectivity index (χ3v) is 2.91. The Balaban J connectivity index is 2.54. The minimum Gasteiger partial charge on any atom is -0.480 e. The molecule has 0 radical (unpaired) electrons. The molecule has 0 spiro atoms. The summed E-state index contributed by atoms with van der Waals surface area (Å²) in [6, 6.07) is -0.326. The van der Waals surface area contributed by atoms with Crippen molar-refractivity contribution in [2.75, 3.05) is 19.7 Å². The normalized spacial score (nSPS) is 25.1. The second-order valence-electron chi connectivity index (χ2n) is 4.04. The van der Waals surface area contributed by atoms with Crippen LogP contribution in [0.25, 0.3) is 0 Å². The first kappa shape index (κ1) is 12.5. The van der Waals surface area contributed by atoms with Gasteiger partial charge in [-0.25, -0.2) is 0 Å². The number of rotatable bonds is 5. The number of carboxylic acid groups (broad SMARTS) is 1. The monoisotopic (exact) mass is 215 g/mol. The van der Waals surface area contributed by atoms with Crippen LogP contribution in [0.3, 0.4) is 0 Å². The van der Waals surface area contributed by atoms with E-state index in [0.717, 1.165) is 32.4 Å². The second-order valence-corrected chi connectivity index (χ2v) is 4.04. The van der Waals surface area contributed by atoms with Crippen molar-refractivity contribution in [3.8, 4) is 0 Å². The van der Waals surface area contributed by atoms with Gasteiger partial charge in [-0.15, -0.1) is 0 Å². The van der Waals surface area contributed by atoms with Gasteiger partial charge in [0.2, 0.25) is 0 Å². The predicted molar refractivity (Wildman–Crippen MR) is 57.9 cm³/mol. The summed E-state index contributed by atoms with van der Waals surface area (Å²) in [5, 5.41) is 9.13. The van der Waals surface area contributed by atoms with Crippen LogP contribution in [-0.4, -0.2) is 47.8 Å². The van der Waals surface area contributed by atoms with Crippen LogP contribution in [-0.2, 0) is 9.53 Å². The molecule has 1 saturated heterocycles. The maximum atomic E-state index is 11.1. The van der Waals surface area contributed by atoms with Gasteiger partial charge in [-0.1, -0.05) is 20.3 Å². The van der Waals surface area contributed by atoms with Crippen LogP contribution in [0.15, 0.2) is 0 Å². The zero-order valence-electron chi connectivity index (χ0n) is 9.61. The van der Waals surface area contributed by atoms with Crippen molar-refractivity contribution in [1.82, 2.24) is 4.90 Å². The second kappa shape index (κ2) is 6.08. The molecule has 0 bridgehead atoms. The average molecular weight is 215 g/mol. The third-order valence-electron chi connectivity index (χ3n) is 2.91. The molecule has 15 heavy (non-hydrogen) atoms. The predicted octanol–water partition coefficient (Wildman–Crippen LogP) is 1.35. The highest BCUT2D eigenvalue weighted by atomic mass is 16.5. The summed E-state index contributed by atoms with van der Waals surface area (Å²) in [4.78, 5) is 13.1. The number of nitrogens with zero attached hydrogens (tertiary/aromatic N) is 1. The molecule has 0 aromatic heterocycles. The first-order chi connectivity index (χ1) is 7.19. The van der Waals surface area contributed by atoms with E-state index in [9.17, 15) is 4.79 Å². The fourth-order valence-electron chi connectivity index (χ4n) is 2.01. The van der Waals surface area contributed by atoms with E-state index in [0.29, 0.717) is 6.61 Å². The van der Waals surface area contributed by atoms with E-state index < -0.39 is 5.97 Å². The standard InChI is InChI=1S/C11H21NO3/c1-3-5-10(11(13)14)12-6-7-15-9(4-2)8-12/h9-10H,3-8H2,1-2H3,(H,13,14). The van der Waals surface area contributed by atoms with Gasteiger partial charge in [0.15, 0.2) is 0 Å². The maximum absolute atomic E-state index is 11.1. The van der Waals surface area contributed by atoms with Crippen molar-refractivity contribution in [3.05, 3.63) is 0 Å². The van der Waals surface area contributed by atoms with Crippen molar-refractivity contribution in [2.24, 2.45) is 0 Å². The van der Waals surface area contributed by atoms with E-state index >= 15 is 0 Å². The highest BCUT2D eigenvalue weighted by Gasteiger charge is 2.29. The van der Waals surface area contributed by atoms with Gasteiger partial charge in [0, 0.05) is 13.1 Å². The molecule has 1 fully saturated rings. The van der Waals surface area contributed by atoms with Crippen LogP contribution >= 0.6 is 0 Å². The fourth-order valence-corrected chi connectivity index (χ4v) is 2.01. The molecule has 0 aromatic rings. The van der Waals surface area contributed by atoms with Crippen molar-refractivity contribution in [2.45, 2.75) is 45.3 Å². The Morgan fingerprint density at radius 1 is 1.60 bits per heavy atom. The quantitative estimate of drug-likeness (QED) is 0.752. The molecule has 0 saturated carbocycles. The third kappa shape index (κ3) is 3.47. The molecule has 1 aliphatic heterocycles. The lowest BCUT2D eigenvalue weighted by molar-refractivity contribution is -0.147. The van der Waals surface area contributed by atoms with Crippen LogP contribution in [0.1, 0.15) is 33.1 Å². The van der Waals surface area contributed by atoms with Crippen LogP contribution in [0, 0.1) is 0 Å². The molecule has 2 atom stereocenters. The highest BCUT2D eigenvalue weighted by Crippen LogP contribution is 2.14. The molecular formula is C11H21NO3. The number of hydrogen-bond donors (Lipinski definition) is 1. The summed E-state index contributed by atoms with van der Waals surface area (Å²) in [6.07, 6.45) is 2.80. The molecule has 1 aliphatic rings. The van der Waals surface area contributed by atoms with E-state index in [1.54, 1.807) is 0 Å². The topological polar surface area (TPSA) is 49.8 Å². The molecule has 4 heteroatoms. The SMILES string of the molecule is CCCC(C(=O)O)N1CCOC(CC)C1. The summed E-state index contributed by atoms with van der Waals surface area (Å²) in [6.45, 7) is 6.25. The fraction of sp³-hybridized carbons (Fsp3) is 0.909. The molecule has 0 amide bonds. The number of morpholine rings is 1. The van der Waals surface area contributed by atoms with E-state index in [2.05, 4.69) is 6.92 Å². The van der Waals surface area contributed by atoms with E-state index in [1.807, 2.05) is 11.8 Å². The van der Waals surface area contributed by atoms with Crippen LogP contribution in [0.5, 0.6) is 0 Å². The molecule has 1 N–H and O–H groups in total. The zero-order valence-corrected chi connectivity index (χ0v) is 9.61.